The zero-order valence-electron chi connectivity index (χ0n) is 8.20. The quantitative estimate of drug-likeness (QED) is 0.665. The van der Waals surface area contributed by atoms with Crippen LogP contribution in [0.15, 0.2) is 23.3 Å². The Morgan fingerprint density at radius 2 is 2.50 bits per heavy atom. The minimum Gasteiger partial charge on any atom is -0.338 e. The fourth-order valence-corrected chi connectivity index (χ4v) is 3.24. The predicted molar refractivity (Wildman–Crippen MR) is 58.4 cm³/mol. The first-order valence-corrected chi connectivity index (χ1v) is 5.60. The van der Waals surface area contributed by atoms with Crippen molar-refractivity contribution in [1.82, 2.24) is 4.57 Å². The molecule has 1 fully saturated rings. The van der Waals surface area contributed by atoms with E-state index >= 15 is 0 Å². The molecule has 3 rings (SSSR count). The predicted octanol–water partition coefficient (Wildman–Crippen LogP) is 2.41. The number of hydrogen-bond acceptors (Lipinski definition) is 1. The molecule has 2 atom stereocenters. The Kier molecular flexibility index (Phi) is 1.48. The zero-order valence-corrected chi connectivity index (χ0v) is 8.96. The average molecular weight is 209 g/mol. The number of alkyl halides is 1. The van der Waals surface area contributed by atoms with Gasteiger partial charge in [-0.15, -0.1) is 11.6 Å². The molecule has 1 aromatic rings. The lowest BCUT2D eigenvalue weighted by atomic mass is 10.1. The van der Waals surface area contributed by atoms with E-state index in [0.29, 0.717) is 5.88 Å². The molecule has 0 spiro atoms. The Morgan fingerprint density at radius 1 is 1.64 bits per heavy atom. The second-order valence-corrected chi connectivity index (χ2v) is 4.56. The number of nitrogens with zero attached hydrogens (tertiary/aromatic N) is 2. The van der Waals surface area contributed by atoms with E-state index in [0.717, 1.165) is 12.8 Å². The molecule has 2 heterocycles. The van der Waals surface area contributed by atoms with Gasteiger partial charge < -0.3 is 4.57 Å². The lowest BCUT2D eigenvalue weighted by Gasteiger charge is -2.27. The van der Waals surface area contributed by atoms with Crippen molar-refractivity contribution >= 4 is 17.8 Å². The lowest BCUT2D eigenvalue weighted by molar-refractivity contribution is 0.397. The summed E-state index contributed by atoms with van der Waals surface area (Å²) in [6.07, 6.45) is 6.32. The Hall–Kier alpha value is -0.760. The van der Waals surface area contributed by atoms with Gasteiger partial charge in [-0.05, 0) is 18.6 Å². The van der Waals surface area contributed by atoms with Crippen LogP contribution in [-0.4, -0.2) is 22.2 Å². The van der Waals surface area contributed by atoms with Crippen LogP contribution in [0.3, 0.4) is 0 Å². The topological polar surface area (TPSA) is 17.3 Å². The summed E-state index contributed by atoms with van der Waals surface area (Å²) in [4.78, 5) is 4.63. The van der Waals surface area contributed by atoms with Crippen LogP contribution < -0.4 is 0 Å². The molecule has 0 aromatic carbocycles. The highest BCUT2D eigenvalue weighted by atomic mass is 35.5. The van der Waals surface area contributed by atoms with Crippen molar-refractivity contribution in [2.75, 3.05) is 5.88 Å². The lowest BCUT2D eigenvalue weighted by Crippen LogP contribution is -2.33. The summed E-state index contributed by atoms with van der Waals surface area (Å²) in [5.74, 6) is 0.634. The fraction of sp³-hybridized carbons (Fsp3) is 0.545. The van der Waals surface area contributed by atoms with Crippen molar-refractivity contribution in [2.45, 2.75) is 30.8 Å². The van der Waals surface area contributed by atoms with E-state index in [-0.39, 0.29) is 11.1 Å². The van der Waals surface area contributed by atoms with Crippen LogP contribution in [0.1, 0.15) is 25.5 Å². The number of aliphatic imine (C=N–C) groups is 1. The van der Waals surface area contributed by atoms with Gasteiger partial charge in [0.05, 0.1) is 17.1 Å². The average Bonchev–Trinajstić information content (AvgIpc) is 2.68. The molecule has 1 aromatic heterocycles. The Bertz CT molecular complexity index is 409. The molecule has 3 heteroatoms. The molecule has 0 radical (unpaired) electrons. The molecule has 14 heavy (non-hydrogen) atoms. The van der Waals surface area contributed by atoms with Gasteiger partial charge in [0.25, 0.3) is 0 Å². The van der Waals surface area contributed by atoms with Gasteiger partial charge in [0.1, 0.15) is 5.54 Å². The van der Waals surface area contributed by atoms with Crippen LogP contribution in [0.5, 0.6) is 0 Å². The second kappa shape index (κ2) is 2.43. The largest absolute Gasteiger partial charge is 0.338 e. The third kappa shape index (κ3) is 0.728. The Balaban J connectivity index is 2.17. The molecule has 1 unspecified atom stereocenters. The van der Waals surface area contributed by atoms with E-state index in [2.05, 4.69) is 34.8 Å². The molecule has 0 bridgehead atoms. The maximum Gasteiger partial charge on any atom is 0.100 e. The van der Waals surface area contributed by atoms with Crippen LogP contribution in [0.2, 0.25) is 0 Å². The SMILES string of the molecule is CCC12C[C@]1(CCl)N=Cc1cccn12. The number of hydrogen-bond donors (Lipinski definition) is 0. The molecule has 2 aliphatic rings. The van der Waals surface area contributed by atoms with Gasteiger partial charge >= 0.3 is 0 Å². The van der Waals surface area contributed by atoms with Crippen molar-refractivity contribution in [1.29, 1.82) is 0 Å². The van der Waals surface area contributed by atoms with Gasteiger partial charge in [-0.2, -0.15) is 0 Å². The van der Waals surface area contributed by atoms with E-state index in [1.807, 2.05) is 6.21 Å². The number of fused-ring (bicyclic) bond motifs is 3. The first-order chi connectivity index (χ1) is 6.78. The maximum absolute atomic E-state index is 6.04. The van der Waals surface area contributed by atoms with Crippen molar-refractivity contribution in [3.05, 3.63) is 24.0 Å². The first-order valence-electron chi connectivity index (χ1n) is 5.07. The van der Waals surface area contributed by atoms with E-state index in [1.165, 1.54) is 5.69 Å². The van der Waals surface area contributed by atoms with Crippen molar-refractivity contribution < 1.29 is 0 Å². The van der Waals surface area contributed by atoms with E-state index in [1.54, 1.807) is 0 Å². The normalized spacial score (nSPS) is 37.9. The highest BCUT2D eigenvalue weighted by molar-refractivity contribution is 6.19. The van der Waals surface area contributed by atoms with Crippen LogP contribution in [0.4, 0.5) is 0 Å². The Labute approximate surface area is 88.6 Å². The molecule has 1 saturated carbocycles. The molecule has 0 amide bonds. The van der Waals surface area contributed by atoms with Crippen LogP contribution in [-0.2, 0) is 5.54 Å². The summed E-state index contributed by atoms with van der Waals surface area (Å²) in [5, 5.41) is 0. The zero-order chi connectivity index (χ0) is 9.81. The second-order valence-electron chi connectivity index (χ2n) is 4.29. The summed E-state index contributed by atoms with van der Waals surface area (Å²) in [5.41, 5.74) is 1.39. The van der Waals surface area contributed by atoms with Crippen molar-refractivity contribution in [3.63, 3.8) is 0 Å². The Morgan fingerprint density at radius 3 is 3.21 bits per heavy atom. The summed E-state index contributed by atoms with van der Waals surface area (Å²) < 4.78 is 2.35. The van der Waals surface area contributed by atoms with E-state index < -0.39 is 0 Å². The summed E-state index contributed by atoms with van der Waals surface area (Å²) in [6, 6.07) is 4.19. The smallest absolute Gasteiger partial charge is 0.100 e. The maximum atomic E-state index is 6.04. The molecule has 2 nitrogen and oxygen atoms in total. The number of aromatic nitrogens is 1. The molecule has 0 N–H and O–H groups in total. The minimum atomic E-state index is -0.00464. The van der Waals surface area contributed by atoms with Crippen LogP contribution in [0, 0.1) is 0 Å². The van der Waals surface area contributed by atoms with Gasteiger partial charge in [-0.1, -0.05) is 6.92 Å². The number of halogens is 1. The van der Waals surface area contributed by atoms with Crippen LogP contribution >= 0.6 is 11.6 Å². The monoisotopic (exact) mass is 208 g/mol. The highest BCUT2D eigenvalue weighted by Crippen LogP contribution is 2.61. The standard InChI is InChI=1S/C11H13ClN2/c1-2-11-7-10(11,8-12)13-6-9-4-3-5-14(9)11/h3-6H,2,7-8H2,1H3/t10-,11?/m1/s1. The molecular weight excluding hydrogens is 196 g/mol. The fourth-order valence-electron chi connectivity index (χ4n) is 2.82. The molecule has 1 aliphatic carbocycles. The molecular formula is C11H13ClN2. The van der Waals surface area contributed by atoms with Crippen molar-refractivity contribution in [3.8, 4) is 0 Å². The van der Waals surface area contributed by atoms with Crippen LogP contribution in [0.25, 0.3) is 0 Å². The van der Waals surface area contributed by atoms with Gasteiger partial charge in [0, 0.05) is 18.8 Å². The van der Waals surface area contributed by atoms with Gasteiger partial charge in [0.2, 0.25) is 0 Å². The number of rotatable bonds is 2. The van der Waals surface area contributed by atoms with E-state index in [4.69, 9.17) is 11.6 Å². The summed E-state index contributed by atoms with van der Waals surface area (Å²) in [6.45, 7) is 2.22. The molecule has 0 saturated heterocycles. The van der Waals surface area contributed by atoms with Gasteiger partial charge in [0.15, 0.2) is 0 Å². The first kappa shape index (κ1) is 8.54. The molecule has 74 valence electrons. The molecule has 1 aliphatic heterocycles. The van der Waals surface area contributed by atoms with Crippen molar-refractivity contribution in [2.24, 2.45) is 4.99 Å². The summed E-state index contributed by atoms with van der Waals surface area (Å²) in [7, 11) is 0. The summed E-state index contributed by atoms with van der Waals surface area (Å²) >= 11 is 6.04. The minimum absolute atomic E-state index is 0.00464. The third-order valence-corrected chi connectivity index (χ3v) is 4.26. The van der Waals surface area contributed by atoms with E-state index in [9.17, 15) is 0 Å². The highest BCUT2D eigenvalue weighted by Gasteiger charge is 2.68. The van der Waals surface area contributed by atoms with Gasteiger partial charge in [-0.3, -0.25) is 4.99 Å². The third-order valence-electron chi connectivity index (χ3n) is 3.82. The van der Waals surface area contributed by atoms with Gasteiger partial charge in [-0.25, -0.2) is 0 Å².